The third kappa shape index (κ3) is 4.79. The molecule has 2 saturated heterocycles. The van der Waals surface area contributed by atoms with Gasteiger partial charge in [-0.1, -0.05) is 0 Å². The van der Waals surface area contributed by atoms with Gasteiger partial charge >= 0.3 is 6.09 Å². The second-order valence-corrected chi connectivity index (χ2v) is 7.49. The van der Waals surface area contributed by atoms with E-state index >= 15 is 0 Å². The SMILES string of the molecule is CO[C@H]1C[C@H](CN(C)[C@@H]2COC[C@H]2O)N(C(=O)OC(C)(C)C)C1. The van der Waals surface area contributed by atoms with Gasteiger partial charge in [-0.05, 0) is 34.2 Å². The molecule has 0 radical (unpaired) electrons. The van der Waals surface area contributed by atoms with E-state index in [-0.39, 0.29) is 24.3 Å². The minimum Gasteiger partial charge on any atom is -0.444 e. The van der Waals surface area contributed by atoms with Gasteiger partial charge in [-0.3, -0.25) is 4.90 Å². The second-order valence-electron chi connectivity index (χ2n) is 7.49. The highest BCUT2D eigenvalue weighted by atomic mass is 16.6. The fourth-order valence-electron chi connectivity index (χ4n) is 3.18. The summed E-state index contributed by atoms with van der Waals surface area (Å²) in [5.74, 6) is 0. The quantitative estimate of drug-likeness (QED) is 0.818. The van der Waals surface area contributed by atoms with Gasteiger partial charge in [-0.2, -0.15) is 0 Å². The van der Waals surface area contributed by atoms with Crippen molar-refractivity contribution < 1.29 is 24.1 Å². The number of hydrogen-bond donors (Lipinski definition) is 1. The summed E-state index contributed by atoms with van der Waals surface area (Å²) < 4.78 is 16.3. The number of nitrogens with zero attached hydrogens (tertiary/aromatic N) is 2. The van der Waals surface area contributed by atoms with Gasteiger partial charge in [0.15, 0.2) is 0 Å². The van der Waals surface area contributed by atoms with Crippen LogP contribution in [0.1, 0.15) is 27.2 Å². The number of aliphatic hydroxyl groups is 1. The zero-order valence-electron chi connectivity index (χ0n) is 14.8. The summed E-state index contributed by atoms with van der Waals surface area (Å²) in [6, 6.07) is -0.0234. The molecular formula is C16H30N2O5. The van der Waals surface area contributed by atoms with Crippen LogP contribution in [0.2, 0.25) is 0 Å². The molecule has 0 aromatic carbocycles. The van der Waals surface area contributed by atoms with E-state index in [2.05, 4.69) is 4.90 Å². The zero-order chi connectivity index (χ0) is 17.2. The van der Waals surface area contributed by atoms with Crippen molar-refractivity contribution in [1.82, 2.24) is 9.80 Å². The molecule has 2 heterocycles. The van der Waals surface area contributed by atoms with E-state index in [1.165, 1.54) is 0 Å². The van der Waals surface area contributed by atoms with Crippen LogP contribution in [-0.4, -0.2) is 91.4 Å². The summed E-state index contributed by atoms with van der Waals surface area (Å²) in [6.45, 7) is 7.67. The Kier molecular flexibility index (Phi) is 5.89. The number of methoxy groups -OCH3 is 1. The first kappa shape index (κ1) is 18.4. The van der Waals surface area contributed by atoms with Crippen LogP contribution in [-0.2, 0) is 14.2 Å². The number of likely N-dealkylation sites (N-methyl/N-ethyl adjacent to an activating group) is 1. The van der Waals surface area contributed by atoms with Gasteiger partial charge in [-0.15, -0.1) is 0 Å². The van der Waals surface area contributed by atoms with Gasteiger partial charge in [0.05, 0.1) is 44.1 Å². The average molecular weight is 330 g/mol. The third-order valence-electron chi connectivity index (χ3n) is 4.42. The minimum atomic E-state index is -0.520. The van der Waals surface area contributed by atoms with Gasteiger partial charge in [0.1, 0.15) is 5.60 Å². The lowest BCUT2D eigenvalue weighted by atomic mass is 10.1. The molecule has 0 aromatic rings. The van der Waals surface area contributed by atoms with Crippen molar-refractivity contribution in [2.45, 2.75) is 57.1 Å². The molecule has 2 fully saturated rings. The van der Waals surface area contributed by atoms with Crippen LogP contribution in [0.5, 0.6) is 0 Å². The van der Waals surface area contributed by atoms with Gasteiger partial charge in [0, 0.05) is 13.7 Å². The first-order valence-corrected chi connectivity index (χ1v) is 8.19. The highest BCUT2D eigenvalue weighted by molar-refractivity contribution is 5.69. The largest absolute Gasteiger partial charge is 0.444 e. The van der Waals surface area contributed by atoms with Crippen molar-refractivity contribution in [3.63, 3.8) is 0 Å². The number of carbonyl (C=O) groups excluding carboxylic acids is 1. The van der Waals surface area contributed by atoms with Crippen molar-refractivity contribution in [3.8, 4) is 0 Å². The Balaban J connectivity index is 2.00. The molecule has 2 aliphatic heterocycles. The Morgan fingerprint density at radius 3 is 2.61 bits per heavy atom. The fourth-order valence-corrected chi connectivity index (χ4v) is 3.18. The number of amides is 1. The van der Waals surface area contributed by atoms with E-state index < -0.39 is 11.7 Å². The molecule has 2 rings (SSSR count). The predicted octanol–water partition coefficient (Wildman–Crippen LogP) is 0.702. The molecule has 23 heavy (non-hydrogen) atoms. The zero-order valence-corrected chi connectivity index (χ0v) is 14.8. The van der Waals surface area contributed by atoms with E-state index in [0.717, 1.165) is 6.42 Å². The van der Waals surface area contributed by atoms with E-state index in [1.54, 1.807) is 12.0 Å². The molecule has 4 atom stereocenters. The molecule has 0 spiro atoms. The molecule has 0 aliphatic carbocycles. The van der Waals surface area contributed by atoms with Gasteiger partial charge in [-0.25, -0.2) is 4.79 Å². The van der Waals surface area contributed by atoms with Gasteiger partial charge < -0.3 is 24.2 Å². The predicted molar refractivity (Wildman–Crippen MR) is 85.4 cm³/mol. The van der Waals surface area contributed by atoms with Crippen LogP contribution in [0, 0.1) is 0 Å². The van der Waals surface area contributed by atoms with E-state index in [0.29, 0.717) is 26.3 Å². The van der Waals surface area contributed by atoms with Crippen LogP contribution in [0.4, 0.5) is 4.79 Å². The first-order valence-electron chi connectivity index (χ1n) is 8.19. The Morgan fingerprint density at radius 2 is 2.09 bits per heavy atom. The topological polar surface area (TPSA) is 71.5 Å². The van der Waals surface area contributed by atoms with Crippen molar-refractivity contribution in [3.05, 3.63) is 0 Å². The minimum absolute atomic E-state index is 0.00704. The number of ether oxygens (including phenoxy) is 3. The molecule has 7 nitrogen and oxygen atoms in total. The summed E-state index contributed by atoms with van der Waals surface area (Å²) >= 11 is 0. The Hall–Kier alpha value is -0.890. The first-order chi connectivity index (χ1) is 10.7. The second kappa shape index (κ2) is 7.34. The van der Waals surface area contributed by atoms with Gasteiger partial charge in [0.25, 0.3) is 0 Å². The molecule has 0 aromatic heterocycles. The molecule has 0 saturated carbocycles. The monoisotopic (exact) mass is 330 g/mol. The average Bonchev–Trinajstić information content (AvgIpc) is 3.02. The lowest BCUT2D eigenvalue weighted by Gasteiger charge is -2.33. The summed E-state index contributed by atoms with van der Waals surface area (Å²) in [5.41, 5.74) is -0.520. The lowest BCUT2D eigenvalue weighted by Crippen LogP contribution is -2.49. The summed E-state index contributed by atoms with van der Waals surface area (Å²) in [7, 11) is 3.62. The van der Waals surface area contributed by atoms with Crippen molar-refractivity contribution in [2.24, 2.45) is 0 Å². The van der Waals surface area contributed by atoms with Crippen LogP contribution in [0.3, 0.4) is 0 Å². The maximum absolute atomic E-state index is 12.5. The smallest absolute Gasteiger partial charge is 0.410 e. The van der Waals surface area contributed by atoms with Crippen LogP contribution in [0.25, 0.3) is 0 Å². The number of aliphatic hydroxyl groups excluding tert-OH is 1. The van der Waals surface area contributed by atoms with Crippen LogP contribution >= 0.6 is 0 Å². The third-order valence-corrected chi connectivity index (χ3v) is 4.42. The lowest BCUT2D eigenvalue weighted by molar-refractivity contribution is 0.0150. The maximum Gasteiger partial charge on any atom is 0.410 e. The number of likely N-dealkylation sites (tertiary alicyclic amines) is 1. The molecular weight excluding hydrogens is 300 g/mol. The van der Waals surface area contributed by atoms with E-state index in [9.17, 15) is 9.90 Å². The molecule has 0 bridgehead atoms. The number of carbonyl (C=O) groups is 1. The molecule has 2 aliphatic rings. The Labute approximate surface area is 138 Å². The van der Waals surface area contributed by atoms with E-state index in [1.807, 2.05) is 27.8 Å². The summed E-state index contributed by atoms with van der Waals surface area (Å²) in [4.78, 5) is 16.3. The molecule has 134 valence electrons. The Morgan fingerprint density at radius 1 is 1.39 bits per heavy atom. The summed E-state index contributed by atoms with van der Waals surface area (Å²) in [6.07, 6.45) is 0.00275. The number of rotatable bonds is 4. The van der Waals surface area contributed by atoms with Crippen molar-refractivity contribution in [2.75, 3.05) is 40.5 Å². The van der Waals surface area contributed by atoms with Crippen LogP contribution < -0.4 is 0 Å². The number of hydrogen-bond acceptors (Lipinski definition) is 6. The van der Waals surface area contributed by atoms with Crippen LogP contribution in [0.15, 0.2) is 0 Å². The molecule has 0 unspecified atom stereocenters. The van der Waals surface area contributed by atoms with E-state index in [4.69, 9.17) is 14.2 Å². The van der Waals surface area contributed by atoms with Crippen molar-refractivity contribution >= 4 is 6.09 Å². The molecule has 7 heteroatoms. The standard InChI is InChI=1S/C16H30N2O5/c1-16(2,3)23-15(20)18-8-12(21-5)6-11(18)7-17(4)13-9-22-10-14(13)19/h11-14,19H,6-10H2,1-5H3/t11-,12+,13-,14-/m1/s1. The highest BCUT2D eigenvalue weighted by Crippen LogP contribution is 2.24. The maximum atomic E-state index is 12.5. The highest BCUT2D eigenvalue weighted by Gasteiger charge is 2.40. The fraction of sp³-hybridized carbons (Fsp3) is 0.938. The molecule has 1 N–H and O–H groups in total. The normalized spacial score (nSPS) is 31.9. The Bertz CT molecular complexity index is 412. The summed E-state index contributed by atoms with van der Waals surface area (Å²) in [5, 5.41) is 9.96. The van der Waals surface area contributed by atoms with Gasteiger partial charge in [0.2, 0.25) is 0 Å². The molecule has 1 amide bonds. The van der Waals surface area contributed by atoms with Crippen molar-refractivity contribution in [1.29, 1.82) is 0 Å².